The molecular formula is C20H31N3O2. The highest BCUT2D eigenvalue weighted by atomic mass is 16.5. The molecule has 0 atom stereocenters. The summed E-state index contributed by atoms with van der Waals surface area (Å²) in [5.41, 5.74) is 1.19. The van der Waals surface area contributed by atoms with Gasteiger partial charge in [0.1, 0.15) is 5.75 Å². The molecular weight excluding hydrogens is 314 g/mol. The summed E-state index contributed by atoms with van der Waals surface area (Å²) in [5, 5.41) is 3.43. The molecule has 25 heavy (non-hydrogen) atoms. The number of hydrogen-bond donors (Lipinski definition) is 1. The summed E-state index contributed by atoms with van der Waals surface area (Å²) in [6.45, 7) is 7.34. The molecule has 0 saturated carbocycles. The first-order chi connectivity index (χ1) is 12.2. The van der Waals surface area contributed by atoms with Gasteiger partial charge in [0.15, 0.2) is 0 Å². The number of nitrogens with one attached hydrogen (secondary N) is 1. The smallest absolute Gasteiger partial charge is 0.222 e. The highest BCUT2D eigenvalue weighted by Crippen LogP contribution is 2.16. The first-order valence-electron chi connectivity index (χ1n) is 9.58. The Labute approximate surface area is 151 Å². The van der Waals surface area contributed by atoms with Crippen LogP contribution < -0.4 is 10.1 Å². The fourth-order valence-corrected chi connectivity index (χ4v) is 3.81. The average Bonchev–Trinajstić information content (AvgIpc) is 2.68. The van der Waals surface area contributed by atoms with Crippen LogP contribution in [0.5, 0.6) is 5.75 Å². The van der Waals surface area contributed by atoms with Gasteiger partial charge in [-0.25, -0.2) is 0 Å². The zero-order valence-corrected chi connectivity index (χ0v) is 15.4. The topological polar surface area (TPSA) is 44.8 Å². The van der Waals surface area contributed by atoms with Crippen LogP contribution in [0.2, 0.25) is 0 Å². The molecule has 0 spiro atoms. The highest BCUT2D eigenvalue weighted by Gasteiger charge is 2.23. The zero-order chi connectivity index (χ0) is 17.5. The predicted molar refractivity (Wildman–Crippen MR) is 99.9 cm³/mol. The van der Waals surface area contributed by atoms with E-state index in [0.717, 1.165) is 57.4 Å². The first-order valence-corrected chi connectivity index (χ1v) is 9.58. The van der Waals surface area contributed by atoms with E-state index in [4.69, 9.17) is 4.74 Å². The predicted octanol–water partition coefficient (Wildman–Crippen LogP) is 1.77. The number of piperazine rings is 1. The van der Waals surface area contributed by atoms with E-state index in [-0.39, 0.29) is 5.91 Å². The fraction of sp³-hybridized carbons (Fsp3) is 0.650. The maximum absolute atomic E-state index is 12.5. The number of rotatable bonds is 6. The molecule has 1 aromatic carbocycles. The van der Waals surface area contributed by atoms with Crippen LogP contribution in [-0.4, -0.2) is 68.6 Å². The van der Waals surface area contributed by atoms with Gasteiger partial charge in [0.25, 0.3) is 0 Å². The molecule has 2 heterocycles. The van der Waals surface area contributed by atoms with E-state index in [1.165, 1.54) is 24.9 Å². The molecule has 2 fully saturated rings. The second-order valence-corrected chi connectivity index (χ2v) is 7.22. The number of nitrogens with zero attached hydrogens (tertiary/aromatic N) is 2. The highest BCUT2D eigenvalue weighted by molar-refractivity contribution is 5.76. The molecule has 2 aliphatic heterocycles. The van der Waals surface area contributed by atoms with Crippen LogP contribution in [0.4, 0.5) is 0 Å². The van der Waals surface area contributed by atoms with Gasteiger partial charge in [-0.2, -0.15) is 0 Å². The summed E-state index contributed by atoms with van der Waals surface area (Å²) >= 11 is 0. The van der Waals surface area contributed by atoms with Crippen molar-refractivity contribution in [2.75, 3.05) is 52.9 Å². The monoisotopic (exact) mass is 345 g/mol. The molecule has 5 nitrogen and oxygen atoms in total. The molecule has 0 radical (unpaired) electrons. The maximum atomic E-state index is 12.5. The molecule has 3 rings (SSSR count). The SMILES string of the molecule is COc1ccc(CCC(=O)N2CCN(CC3CCNCC3)CC2)cc1. The normalized spacial score (nSPS) is 19.8. The van der Waals surface area contributed by atoms with Gasteiger partial charge in [-0.05, 0) is 56.0 Å². The van der Waals surface area contributed by atoms with Gasteiger partial charge in [0.05, 0.1) is 7.11 Å². The molecule has 1 amide bonds. The van der Waals surface area contributed by atoms with Crippen LogP contribution in [0.15, 0.2) is 24.3 Å². The minimum Gasteiger partial charge on any atom is -0.497 e. The molecule has 1 N–H and O–H groups in total. The molecule has 2 aliphatic rings. The number of carbonyl (C=O) groups is 1. The van der Waals surface area contributed by atoms with Gasteiger partial charge < -0.3 is 15.0 Å². The van der Waals surface area contributed by atoms with Crippen molar-refractivity contribution in [3.8, 4) is 5.75 Å². The number of hydrogen-bond acceptors (Lipinski definition) is 4. The van der Waals surface area contributed by atoms with Gasteiger partial charge >= 0.3 is 0 Å². The van der Waals surface area contributed by atoms with Crippen LogP contribution in [0.1, 0.15) is 24.8 Å². The lowest BCUT2D eigenvalue weighted by Crippen LogP contribution is -2.50. The Bertz CT molecular complexity index is 532. The minimum atomic E-state index is 0.289. The van der Waals surface area contributed by atoms with Crippen LogP contribution in [-0.2, 0) is 11.2 Å². The Morgan fingerprint density at radius 2 is 1.80 bits per heavy atom. The van der Waals surface area contributed by atoms with E-state index in [1.54, 1.807) is 7.11 Å². The largest absolute Gasteiger partial charge is 0.497 e. The summed E-state index contributed by atoms with van der Waals surface area (Å²) in [5.74, 6) is 1.98. The van der Waals surface area contributed by atoms with Crippen LogP contribution in [0, 0.1) is 5.92 Å². The first kappa shape index (κ1) is 18.2. The third-order valence-corrected chi connectivity index (χ3v) is 5.49. The third-order valence-electron chi connectivity index (χ3n) is 5.49. The number of piperidine rings is 1. The lowest BCUT2D eigenvalue weighted by Gasteiger charge is -2.37. The Morgan fingerprint density at radius 3 is 2.44 bits per heavy atom. The van der Waals surface area contributed by atoms with Crippen molar-refractivity contribution in [3.05, 3.63) is 29.8 Å². The average molecular weight is 345 g/mol. The Kier molecular flexibility index (Phi) is 6.70. The van der Waals surface area contributed by atoms with Crippen LogP contribution in [0.25, 0.3) is 0 Å². The second-order valence-electron chi connectivity index (χ2n) is 7.22. The molecule has 0 aromatic heterocycles. The Balaban J connectivity index is 1.37. The van der Waals surface area contributed by atoms with Crippen molar-refractivity contribution in [2.45, 2.75) is 25.7 Å². The van der Waals surface area contributed by atoms with Crippen LogP contribution >= 0.6 is 0 Å². The molecule has 1 aromatic rings. The van der Waals surface area contributed by atoms with Crippen LogP contribution in [0.3, 0.4) is 0 Å². The number of amides is 1. The van der Waals surface area contributed by atoms with Crippen molar-refractivity contribution in [1.29, 1.82) is 0 Å². The van der Waals surface area contributed by atoms with Gasteiger partial charge in [-0.3, -0.25) is 9.69 Å². The molecule has 2 saturated heterocycles. The fourth-order valence-electron chi connectivity index (χ4n) is 3.81. The molecule has 0 aliphatic carbocycles. The van der Waals surface area contributed by atoms with Crippen molar-refractivity contribution >= 4 is 5.91 Å². The molecule has 0 unspecified atom stereocenters. The number of benzene rings is 1. The summed E-state index contributed by atoms with van der Waals surface area (Å²) in [6, 6.07) is 8.00. The van der Waals surface area contributed by atoms with Gasteiger partial charge in [-0.15, -0.1) is 0 Å². The molecule has 138 valence electrons. The van der Waals surface area contributed by atoms with Gasteiger partial charge in [0, 0.05) is 39.1 Å². The summed E-state index contributed by atoms with van der Waals surface area (Å²) in [4.78, 5) is 17.1. The lowest BCUT2D eigenvalue weighted by atomic mass is 9.97. The molecule has 0 bridgehead atoms. The van der Waals surface area contributed by atoms with E-state index in [2.05, 4.69) is 10.2 Å². The van der Waals surface area contributed by atoms with E-state index < -0.39 is 0 Å². The minimum absolute atomic E-state index is 0.289. The summed E-state index contributed by atoms with van der Waals surface area (Å²) < 4.78 is 5.17. The molecule has 5 heteroatoms. The quantitative estimate of drug-likeness (QED) is 0.853. The van der Waals surface area contributed by atoms with E-state index in [9.17, 15) is 4.79 Å². The van der Waals surface area contributed by atoms with Crippen molar-refractivity contribution in [3.63, 3.8) is 0 Å². The zero-order valence-electron chi connectivity index (χ0n) is 15.4. The van der Waals surface area contributed by atoms with Crippen molar-refractivity contribution < 1.29 is 9.53 Å². The number of ether oxygens (including phenoxy) is 1. The second kappa shape index (κ2) is 9.20. The lowest BCUT2D eigenvalue weighted by molar-refractivity contribution is -0.133. The van der Waals surface area contributed by atoms with E-state index in [0.29, 0.717) is 6.42 Å². The third kappa shape index (κ3) is 5.44. The number of methoxy groups -OCH3 is 1. The standard InChI is InChI=1S/C20H31N3O2/c1-25-19-5-2-17(3-6-19)4-7-20(24)23-14-12-22(13-15-23)16-18-8-10-21-11-9-18/h2-3,5-6,18,21H,4,7-16H2,1H3. The van der Waals surface area contributed by atoms with E-state index >= 15 is 0 Å². The number of aryl methyl sites for hydroxylation is 1. The maximum Gasteiger partial charge on any atom is 0.222 e. The van der Waals surface area contributed by atoms with Gasteiger partial charge in [0.2, 0.25) is 5.91 Å². The van der Waals surface area contributed by atoms with Crippen molar-refractivity contribution in [2.24, 2.45) is 5.92 Å². The van der Waals surface area contributed by atoms with Gasteiger partial charge in [-0.1, -0.05) is 12.1 Å². The summed E-state index contributed by atoms with van der Waals surface area (Å²) in [7, 11) is 1.67. The van der Waals surface area contributed by atoms with E-state index in [1.807, 2.05) is 29.2 Å². The Hall–Kier alpha value is -1.59. The summed E-state index contributed by atoms with van der Waals surface area (Å²) in [6.07, 6.45) is 3.99. The number of carbonyl (C=O) groups excluding carboxylic acids is 1. The Morgan fingerprint density at radius 1 is 1.12 bits per heavy atom. The van der Waals surface area contributed by atoms with Crippen molar-refractivity contribution in [1.82, 2.24) is 15.1 Å².